The van der Waals surface area contributed by atoms with Crippen LogP contribution in [0.5, 0.6) is 0 Å². The van der Waals surface area contributed by atoms with Crippen molar-refractivity contribution in [1.29, 1.82) is 0 Å². The quantitative estimate of drug-likeness (QED) is 0.575. The molecule has 0 aliphatic carbocycles. The van der Waals surface area contributed by atoms with E-state index in [0.29, 0.717) is 5.75 Å². The van der Waals surface area contributed by atoms with Crippen LogP contribution in [-0.2, 0) is 9.59 Å². The molecule has 0 aromatic heterocycles. The number of benzene rings is 1. The monoisotopic (exact) mass is 239 g/mol. The Hall–Kier alpha value is -1.33. The molecule has 0 aliphatic heterocycles. The molecule has 1 aromatic carbocycles. The van der Waals surface area contributed by atoms with Crippen LogP contribution < -0.4 is 5.73 Å². The zero-order valence-corrected chi connectivity index (χ0v) is 9.44. The van der Waals surface area contributed by atoms with Crippen molar-refractivity contribution < 1.29 is 14.7 Å². The molecular weight excluding hydrogens is 226 g/mol. The molecule has 0 spiro atoms. The Labute approximate surface area is 97.8 Å². The SMILES string of the molecule is NC(C(=O)O)C(=O)CCSc1ccccc1. The molecule has 0 radical (unpaired) electrons. The van der Waals surface area contributed by atoms with Gasteiger partial charge in [0.1, 0.15) is 0 Å². The molecule has 3 N–H and O–H groups in total. The number of carboxylic acid groups (broad SMARTS) is 1. The van der Waals surface area contributed by atoms with E-state index in [1.165, 1.54) is 11.8 Å². The van der Waals surface area contributed by atoms with Crippen LogP contribution in [0.2, 0.25) is 0 Å². The highest BCUT2D eigenvalue weighted by atomic mass is 32.2. The van der Waals surface area contributed by atoms with E-state index in [-0.39, 0.29) is 6.42 Å². The summed E-state index contributed by atoms with van der Waals surface area (Å²) < 4.78 is 0. The summed E-state index contributed by atoms with van der Waals surface area (Å²) in [5, 5.41) is 8.52. The van der Waals surface area contributed by atoms with Gasteiger partial charge in [0.05, 0.1) is 0 Å². The number of thioether (sulfide) groups is 1. The first-order valence-electron chi connectivity index (χ1n) is 4.80. The van der Waals surface area contributed by atoms with Crippen molar-refractivity contribution in [2.45, 2.75) is 17.4 Å². The van der Waals surface area contributed by atoms with E-state index < -0.39 is 17.8 Å². The molecule has 0 fully saturated rings. The van der Waals surface area contributed by atoms with Crippen molar-refractivity contribution in [1.82, 2.24) is 0 Å². The second kappa shape index (κ2) is 6.30. The molecule has 86 valence electrons. The number of nitrogens with two attached hydrogens (primary N) is 1. The molecule has 0 heterocycles. The molecular formula is C11H13NO3S. The minimum atomic E-state index is -1.39. The fourth-order valence-corrected chi connectivity index (χ4v) is 1.97. The maximum absolute atomic E-state index is 11.3. The van der Waals surface area contributed by atoms with E-state index in [0.717, 1.165) is 4.90 Å². The summed E-state index contributed by atoms with van der Waals surface area (Å²) in [7, 11) is 0. The zero-order chi connectivity index (χ0) is 12.0. The first-order valence-corrected chi connectivity index (χ1v) is 5.79. The lowest BCUT2D eigenvalue weighted by Gasteiger charge is -2.04. The number of carboxylic acids is 1. The lowest BCUT2D eigenvalue weighted by atomic mass is 10.1. The van der Waals surface area contributed by atoms with Gasteiger partial charge in [0.15, 0.2) is 11.8 Å². The van der Waals surface area contributed by atoms with Crippen LogP contribution in [0.4, 0.5) is 0 Å². The number of aliphatic carboxylic acids is 1. The minimum Gasteiger partial charge on any atom is -0.480 e. The normalized spacial score (nSPS) is 12.1. The summed E-state index contributed by atoms with van der Waals surface area (Å²) >= 11 is 1.51. The fourth-order valence-electron chi connectivity index (χ4n) is 1.08. The van der Waals surface area contributed by atoms with E-state index in [1.807, 2.05) is 30.3 Å². The fraction of sp³-hybridized carbons (Fsp3) is 0.273. The van der Waals surface area contributed by atoms with E-state index >= 15 is 0 Å². The number of rotatable bonds is 6. The molecule has 1 rings (SSSR count). The van der Waals surface area contributed by atoms with Gasteiger partial charge >= 0.3 is 5.97 Å². The van der Waals surface area contributed by atoms with Crippen LogP contribution in [0, 0.1) is 0 Å². The van der Waals surface area contributed by atoms with Gasteiger partial charge in [0, 0.05) is 17.1 Å². The zero-order valence-electron chi connectivity index (χ0n) is 8.63. The standard InChI is InChI=1S/C11H13NO3S/c12-10(11(14)15)9(13)6-7-16-8-4-2-1-3-5-8/h1-5,10H,6-7,12H2,(H,14,15). The molecule has 1 atom stereocenters. The minimum absolute atomic E-state index is 0.174. The number of Topliss-reactive ketones (excluding diaryl/α,β-unsaturated/α-hetero) is 1. The third kappa shape index (κ3) is 4.04. The Morgan fingerprint density at radius 1 is 1.31 bits per heavy atom. The second-order valence-corrected chi connectivity index (χ2v) is 4.36. The average Bonchev–Trinajstić information content (AvgIpc) is 2.29. The van der Waals surface area contributed by atoms with Crippen molar-refractivity contribution in [2.24, 2.45) is 5.73 Å². The van der Waals surface area contributed by atoms with Gasteiger partial charge in [-0.05, 0) is 12.1 Å². The van der Waals surface area contributed by atoms with Gasteiger partial charge in [-0.3, -0.25) is 9.59 Å². The van der Waals surface area contributed by atoms with Crippen LogP contribution in [0.3, 0.4) is 0 Å². The van der Waals surface area contributed by atoms with Gasteiger partial charge in [0.25, 0.3) is 0 Å². The maximum atomic E-state index is 11.3. The molecule has 1 unspecified atom stereocenters. The molecule has 0 saturated heterocycles. The number of hydrogen-bond acceptors (Lipinski definition) is 4. The Bertz CT molecular complexity index is 367. The highest BCUT2D eigenvalue weighted by molar-refractivity contribution is 7.99. The molecule has 4 nitrogen and oxygen atoms in total. The lowest BCUT2D eigenvalue weighted by Crippen LogP contribution is -2.38. The van der Waals surface area contributed by atoms with Crippen LogP contribution in [0.1, 0.15) is 6.42 Å². The van der Waals surface area contributed by atoms with Crippen molar-refractivity contribution in [3.05, 3.63) is 30.3 Å². The van der Waals surface area contributed by atoms with Crippen molar-refractivity contribution in [3.63, 3.8) is 0 Å². The Balaban J connectivity index is 2.31. The maximum Gasteiger partial charge on any atom is 0.328 e. The molecule has 16 heavy (non-hydrogen) atoms. The predicted molar refractivity (Wildman–Crippen MR) is 62.4 cm³/mol. The van der Waals surface area contributed by atoms with Crippen molar-refractivity contribution in [2.75, 3.05) is 5.75 Å². The largest absolute Gasteiger partial charge is 0.480 e. The summed E-state index contributed by atoms with van der Waals surface area (Å²) in [6, 6.07) is 8.21. The van der Waals surface area contributed by atoms with Crippen LogP contribution >= 0.6 is 11.8 Å². The van der Waals surface area contributed by atoms with Crippen LogP contribution in [-0.4, -0.2) is 28.7 Å². The number of ketones is 1. The third-order valence-corrected chi connectivity index (χ3v) is 2.99. The molecule has 0 bridgehead atoms. The van der Waals surface area contributed by atoms with Gasteiger partial charge in [-0.2, -0.15) is 0 Å². The van der Waals surface area contributed by atoms with E-state index in [1.54, 1.807) is 0 Å². The Morgan fingerprint density at radius 2 is 1.94 bits per heavy atom. The topological polar surface area (TPSA) is 80.4 Å². The smallest absolute Gasteiger partial charge is 0.328 e. The van der Waals surface area contributed by atoms with Crippen molar-refractivity contribution >= 4 is 23.5 Å². The Kier molecular flexibility index (Phi) is 5.01. The van der Waals surface area contributed by atoms with Gasteiger partial charge in [-0.25, -0.2) is 0 Å². The van der Waals surface area contributed by atoms with E-state index in [9.17, 15) is 9.59 Å². The highest BCUT2D eigenvalue weighted by Crippen LogP contribution is 2.17. The first kappa shape index (κ1) is 12.7. The molecule has 5 heteroatoms. The highest BCUT2D eigenvalue weighted by Gasteiger charge is 2.20. The summed E-state index contributed by atoms with van der Waals surface area (Å²) in [6.07, 6.45) is 0.174. The van der Waals surface area contributed by atoms with Crippen LogP contribution in [0.25, 0.3) is 0 Å². The third-order valence-electron chi connectivity index (χ3n) is 1.97. The Morgan fingerprint density at radius 3 is 2.50 bits per heavy atom. The van der Waals surface area contributed by atoms with Gasteiger partial charge in [-0.15, -0.1) is 11.8 Å². The molecule has 0 aliphatic rings. The van der Waals surface area contributed by atoms with E-state index in [2.05, 4.69) is 0 Å². The van der Waals surface area contributed by atoms with Gasteiger partial charge < -0.3 is 10.8 Å². The first-order chi connectivity index (χ1) is 7.61. The van der Waals surface area contributed by atoms with E-state index in [4.69, 9.17) is 10.8 Å². The van der Waals surface area contributed by atoms with Crippen molar-refractivity contribution in [3.8, 4) is 0 Å². The molecule has 1 aromatic rings. The lowest BCUT2D eigenvalue weighted by molar-refractivity contribution is -0.142. The second-order valence-electron chi connectivity index (χ2n) is 3.19. The molecule has 0 saturated carbocycles. The average molecular weight is 239 g/mol. The van der Waals surface area contributed by atoms with Gasteiger partial charge in [-0.1, -0.05) is 18.2 Å². The predicted octanol–water partition coefficient (Wildman–Crippen LogP) is 1.15. The summed E-state index contributed by atoms with van der Waals surface area (Å²) in [5.41, 5.74) is 5.18. The number of hydrogen-bond donors (Lipinski definition) is 2. The summed E-state index contributed by atoms with van der Waals surface area (Å²) in [6.45, 7) is 0. The van der Waals surface area contributed by atoms with Crippen LogP contribution in [0.15, 0.2) is 35.2 Å². The number of carbonyl (C=O) groups is 2. The summed E-state index contributed by atoms with van der Waals surface area (Å²) in [4.78, 5) is 22.7. The molecule has 0 amide bonds. The van der Waals surface area contributed by atoms with Gasteiger partial charge in [0.2, 0.25) is 0 Å². The number of carbonyl (C=O) groups excluding carboxylic acids is 1. The summed E-state index contributed by atoms with van der Waals surface area (Å²) in [5.74, 6) is -1.16.